The quantitative estimate of drug-likeness (QED) is 0.390. The molecule has 4 atom stereocenters. The molecular formula is C22H40O4Si. The van der Waals surface area contributed by atoms with Gasteiger partial charge >= 0.3 is 0 Å². The molecule has 2 fully saturated rings. The second kappa shape index (κ2) is 7.75. The van der Waals surface area contributed by atoms with Crippen molar-refractivity contribution < 1.29 is 19.0 Å². The van der Waals surface area contributed by atoms with Crippen LogP contribution in [0.25, 0.3) is 0 Å². The van der Waals surface area contributed by atoms with Crippen LogP contribution in [0.4, 0.5) is 0 Å². The lowest BCUT2D eigenvalue weighted by Gasteiger charge is -2.51. The van der Waals surface area contributed by atoms with Gasteiger partial charge in [0.15, 0.2) is 8.32 Å². The number of aliphatic hydroxyl groups is 1. The lowest BCUT2D eigenvalue weighted by Crippen LogP contribution is -2.65. The first-order chi connectivity index (χ1) is 12.3. The van der Waals surface area contributed by atoms with Crippen molar-refractivity contribution in [2.24, 2.45) is 0 Å². The van der Waals surface area contributed by atoms with Crippen molar-refractivity contribution in [3.8, 4) is 0 Å². The molecule has 1 N–H and O–H groups in total. The zero-order chi connectivity index (χ0) is 20.7. The number of rotatable bonds is 6. The molecule has 0 radical (unpaired) electrons. The molecule has 1 spiro atoms. The van der Waals surface area contributed by atoms with E-state index in [1.165, 1.54) is 5.57 Å². The predicted molar refractivity (Wildman–Crippen MR) is 114 cm³/mol. The molecule has 1 aliphatic heterocycles. The van der Waals surface area contributed by atoms with Crippen molar-refractivity contribution in [1.29, 1.82) is 0 Å². The van der Waals surface area contributed by atoms with Crippen LogP contribution >= 0.6 is 0 Å². The first-order valence-electron chi connectivity index (χ1n) is 10.2. The van der Waals surface area contributed by atoms with E-state index in [1.807, 2.05) is 6.92 Å². The maximum atomic E-state index is 11.9. The molecule has 27 heavy (non-hydrogen) atoms. The van der Waals surface area contributed by atoms with E-state index in [1.54, 1.807) is 7.11 Å². The molecule has 2 aliphatic rings. The Labute approximate surface area is 167 Å². The van der Waals surface area contributed by atoms with E-state index in [4.69, 9.17) is 13.9 Å². The van der Waals surface area contributed by atoms with E-state index < -0.39 is 25.6 Å². The highest BCUT2D eigenvalue weighted by molar-refractivity contribution is 6.74. The molecule has 0 amide bonds. The highest BCUT2D eigenvalue weighted by Crippen LogP contribution is 2.54. The second-order valence-electron chi connectivity index (χ2n) is 10.1. The zero-order valence-electron chi connectivity index (χ0n) is 18.8. The number of hydrogen-bond acceptors (Lipinski definition) is 4. The highest BCUT2D eigenvalue weighted by atomic mass is 28.4. The number of ether oxygens (including phenoxy) is 2. The molecule has 1 heterocycles. The first kappa shape index (κ1) is 22.8. The molecule has 0 aromatic rings. The summed E-state index contributed by atoms with van der Waals surface area (Å²) in [5.41, 5.74) is 0.525. The van der Waals surface area contributed by atoms with Gasteiger partial charge in [-0.3, -0.25) is 0 Å². The van der Waals surface area contributed by atoms with Crippen molar-refractivity contribution in [2.45, 2.75) is 102 Å². The van der Waals surface area contributed by atoms with Gasteiger partial charge in [0.1, 0.15) is 17.3 Å². The molecule has 4 nitrogen and oxygen atoms in total. The summed E-state index contributed by atoms with van der Waals surface area (Å²) in [6, 6.07) is 0. The van der Waals surface area contributed by atoms with Gasteiger partial charge in [0.05, 0.1) is 12.7 Å². The minimum absolute atomic E-state index is 0.114. The summed E-state index contributed by atoms with van der Waals surface area (Å²) in [5.74, 6) is 0. The van der Waals surface area contributed by atoms with Crippen LogP contribution in [0.5, 0.6) is 0 Å². The zero-order valence-corrected chi connectivity index (χ0v) is 19.8. The van der Waals surface area contributed by atoms with Gasteiger partial charge < -0.3 is 19.0 Å². The summed E-state index contributed by atoms with van der Waals surface area (Å²) in [6.07, 6.45) is 6.19. The lowest BCUT2D eigenvalue weighted by atomic mass is 9.68. The van der Waals surface area contributed by atoms with Crippen LogP contribution in [0.3, 0.4) is 0 Å². The molecule has 156 valence electrons. The van der Waals surface area contributed by atoms with Gasteiger partial charge in [0, 0.05) is 7.11 Å². The second-order valence-corrected chi connectivity index (χ2v) is 14.8. The van der Waals surface area contributed by atoms with E-state index in [0.717, 1.165) is 24.8 Å². The van der Waals surface area contributed by atoms with Crippen LogP contribution in [-0.4, -0.2) is 50.6 Å². The summed E-state index contributed by atoms with van der Waals surface area (Å²) in [7, 11) is -0.292. The molecule has 2 rings (SSSR count). The van der Waals surface area contributed by atoms with Crippen LogP contribution in [0, 0.1) is 0 Å². The Morgan fingerprint density at radius 3 is 2.26 bits per heavy atom. The van der Waals surface area contributed by atoms with E-state index >= 15 is 0 Å². The Balaban J connectivity index is 2.34. The number of epoxide rings is 1. The van der Waals surface area contributed by atoms with Gasteiger partial charge in [-0.1, -0.05) is 38.5 Å². The van der Waals surface area contributed by atoms with Crippen LogP contribution in [0.15, 0.2) is 23.3 Å². The molecule has 5 heteroatoms. The molecule has 0 unspecified atom stereocenters. The minimum Gasteiger partial charge on any atom is -0.411 e. The van der Waals surface area contributed by atoms with Crippen molar-refractivity contribution in [3.05, 3.63) is 23.3 Å². The average Bonchev–Trinajstić information content (AvgIpc) is 3.31. The monoisotopic (exact) mass is 396 g/mol. The Morgan fingerprint density at radius 2 is 1.81 bits per heavy atom. The van der Waals surface area contributed by atoms with Crippen molar-refractivity contribution >= 4 is 8.32 Å². The SMILES string of the molecule is CO[C@@H]1[C@H](O[Si](C)(C)C(C)(C)C)CC[C@]2(CO2)[C@@]1(O)/C(C)=C/CC=C(C)C. The fourth-order valence-corrected chi connectivity index (χ4v) is 5.26. The minimum atomic E-state index is -1.97. The molecule has 0 aromatic carbocycles. The maximum absolute atomic E-state index is 11.9. The maximum Gasteiger partial charge on any atom is 0.192 e. The van der Waals surface area contributed by atoms with E-state index in [2.05, 4.69) is 59.9 Å². The largest absolute Gasteiger partial charge is 0.411 e. The Bertz CT molecular complexity index is 594. The topological polar surface area (TPSA) is 51.2 Å². The van der Waals surface area contributed by atoms with Crippen molar-refractivity contribution in [1.82, 2.24) is 0 Å². The van der Waals surface area contributed by atoms with E-state index in [-0.39, 0.29) is 11.1 Å². The van der Waals surface area contributed by atoms with Crippen molar-refractivity contribution in [2.75, 3.05) is 13.7 Å². The fourth-order valence-electron chi connectivity index (χ4n) is 3.91. The van der Waals surface area contributed by atoms with Gasteiger partial charge in [-0.25, -0.2) is 0 Å². The molecule has 1 saturated carbocycles. The fraction of sp³-hybridized carbons (Fsp3) is 0.818. The summed E-state index contributed by atoms with van der Waals surface area (Å²) in [6.45, 7) is 18.0. The van der Waals surface area contributed by atoms with Gasteiger partial charge in [0.2, 0.25) is 0 Å². The normalized spacial score (nSPS) is 34.7. The van der Waals surface area contributed by atoms with Crippen LogP contribution in [0.1, 0.15) is 60.8 Å². The molecule has 1 saturated heterocycles. The molecule has 0 bridgehead atoms. The summed E-state index contributed by atoms with van der Waals surface area (Å²) < 4.78 is 18.5. The van der Waals surface area contributed by atoms with Gasteiger partial charge in [0.25, 0.3) is 0 Å². The van der Waals surface area contributed by atoms with Crippen molar-refractivity contribution in [3.63, 3.8) is 0 Å². The Kier molecular flexibility index (Phi) is 6.55. The smallest absolute Gasteiger partial charge is 0.192 e. The van der Waals surface area contributed by atoms with Gasteiger partial charge in [-0.05, 0) is 63.7 Å². The summed E-state index contributed by atoms with van der Waals surface area (Å²) >= 11 is 0. The molecule has 1 aliphatic carbocycles. The predicted octanol–water partition coefficient (Wildman–Crippen LogP) is 4.99. The first-order valence-corrected chi connectivity index (χ1v) is 13.1. The third-order valence-electron chi connectivity index (χ3n) is 6.83. The van der Waals surface area contributed by atoms with E-state index in [0.29, 0.717) is 6.61 Å². The Morgan fingerprint density at radius 1 is 1.22 bits per heavy atom. The number of methoxy groups -OCH3 is 1. The van der Waals surface area contributed by atoms with Crippen LogP contribution < -0.4 is 0 Å². The summed E-state index contributed by atoms with van der Waals surface area (Å²) in [4.78, 5) is 0. The summed E-state index contributed by atoms with van der Waals surface area (Å²) in [5, 5.41) is 12.0. The lowest BCUT2D eigenvalue weighted by molar-refractivity contribution is -0.175. The number of hydrogen-bond donors (Lipinski definition) is 1. The average molecular weight is 397 g/mol. The van der Waals surface area contributed by atoms with E-state index in [9.17, 15) is 5.11 Å². The highest BCUT2D eigenvalue weighted by Gasteiger charge is 2.69. The van der Waals surface area contributed by atoms with Crippen LogP contribution in [-0.2, 0) is 13.9 Å². The third kappa shape index (κ3) is 4.27. The molecular weight excluding hydrogens is 356 g/mol. The number of allylic oxidation sites excluding steroid dienone is 3. The third-order valence-corrected chi connectivity index (χ3v) is 11.3. The molecule has 0 aromatic heterocycles. The standard InChI is InChI=1S/C22H40O4Si/c1-16(2)11-10-12-17(3)22(23)19(24-7)18(13-14-21(22)15-25-21)26-27(8,9)20(4,5)6/h11-12,18-19,23H,10,13-15H2,1-9H3/b17-12+/t18-,19-,21+,22-/m1/s1. The van der Waals surface area contributed by atoms with Gasteiger partial charge in [-0.15, -0.1) is 0 Å². The van der Waals surface area contributed by atoms with Crippen LogP contribution in [0.2, 0.25) is 18.1 Å². The Hall–Kier alpha value is -0.463. The van der Waals surface area contributed by atoms with Gasteiger partial charge in [-0.2, -0.15) is 0 Å².